The lowest BCUT2D eigenvalue weighted by molar-refractivity contribution is 0.267. The number of benzene rings is 3. The van der Waals surface area contributed by atoms with Gasteiger partial charge in [0.25, 0.3) is 0 Å². The third-order valence-electron chi connectivity index (χ3n) is 3.64. The molecule has 0 saturated carbocycles. The summed E-state index contributed by atoms with van der Waals surface area (Å²) in [7, 11) is 0. The van der Waals surface area contributed by atoms with Gasteiger partial charge in [-0.1, -0.05) is 54.6 Å². The van der Waals surface area contributed by atoms with E-state index in [1.54, 1.807) is 0 Å². The fourth-order valence-corrected chi connectivity index (χ4v) is 2.51. The molecular formula is C20H15NO2. The molecule has 4 aromatic rings. The van der Waals surface area contributed by atoms with Crippen molar-refractivity contribution in [1.29, 1.82) is 0 Å². The van der Waals surface area contributed by atoms with E-state index in [1.165, 1.54) is 5.56 Å². The van der Waals surface area contributed by atoms with Gasteiger partial charge in [-0.25, -0.2) is 4.98 Å². The summed E-state index contributed by atoms with van der Waals surface area (Å²) in [6, 6.07) is 25.9. The van der Waals surface area contributed by atoms with E-state index in [-0.39, 0.29) is 0 Å². The monoisotopic (exact) mass is 301 g/mol. The van der Waals surface area contributed by atoms with Crippen molar-refractivity contribution in [3.8, 4) is 16.9 Å². The first kappa shape index (κ1) is 13.6. The van der Waals surface area contributed by atoms with Gasteiger partial charge in [0.05, 0.1) is 0 Å². The number of aromatic nitrogens is 1. The van der Waals surface area contributed by atoms with Crippen molar-refractivity contribution in [2.45, 2.75) is 6.61 Å². The Kier molecular flexibility index (Phi) is 3.53. The minimum Gasteiger partial charge on any atom is -0.484 e. The maximum atomic E-state index is 5.74. The normalized spacial score (nSPS) is 10.8. The Balaban J connectivity index is 1.58. The van der Waals surface area contributed by atoms with Gasteiger partial charge in [-0.05, 0) is 35.4 Å². The molecule has 1 aromatic heterocycles. The van der Waals surface area contributed by atoms with Crippen molar-refractivity contribution in [1.82, 2.24) is 4.98 Å². The van der Waals surface area contributed by atoms with Gasteiger partial charge in [-0.3, -0.25) is 0 Å². The fourth-order valence-electron chi connectivity index (χ4n) is 2.51. The van der Waals surface area contributed by atoms with Crippen molar-refractivity contribution < 1.29 is 9.15 Å². The van der Waals surface area contributed by atoms with E-state index in [9.17, 15) is 0 Å². The summed E-state index contributed by atoms with van der Waals surface area (Å²) in [5, 5.41) is 0. The summed E-state index contributed by atoms with van der Waals surface area (Å²) in [5.41, 5.74) is 3.91. The smallest absolute Gasteiger partial charge is 0.233 e. The van der Waals surface area contributed by atoms with Crippen LogP contribution in [0.3, 0.4) is 0 Å². The first-order valence-electron chi connectivity index (χ1n) is 7.51. The summed E-state index contributed by atoms with van der Waals surface area (Å²) < 4.78 is 11.4. The second kappa shape index (κ2) is 5.97. The zero-order valence-electron chi connectivity index (χ0n) is 12.5. The van der Waals surface area contributed by atoms with Crippen LogP contribution in [-0.4, -0.2) is 4.98 Å². The van der Waals surface area contributed by atoms with E-state index in [0.29, 0.717) is 12.5 Å². The summed E-state index contributed by atoms with van der Waals surface area (Å²) in [6.45, 7) is 0.319. The van der Waals surface area contributed by atoms with Crippen LogP contribution in [0.1, 0.15) is 5.89 Å². The zero-order chi connectivity index (χ0) is 15.5. The molecule has 3 heteroatoms. The van der Waals surface area contributed by atoms with Gasteiger partial charge in [0.1, 0.15) is 11.3 Å². The molecule has 0 aliphatic rings. The molecule has 0 fully saturated rings. The molecule has 112 valence electrons. The second-order valence-corrected chi connectivity index (χ2v) is 5.26. The molecule has 0 atom stereocenters. The Bertz CT molecular complexity index is 914. The lowest BCUT2D eigenvalue weighted by atomic mass is 10.1. The summed E-state index contributed by atoms with van der Waals surface area (Å²) in [6.07, 6.45) is 0. The molecule has 3 nitrogen and oxygen atoms in total. The van der Waals surface area contributed by atoms with Crippen LogP contribution < -0.4 is 4.74 Å². The molecule has 0 aliphatic carbocycles. The quantitative estimate of drug-likeness (QED) is 0.527. The molecule has 0 N–H and O–H groups in total. The van der Waals surface area contributed by atoms with Crippen molar-refractivity contribution in [3.05, 3.63) is 84.8 Å². The molecule has 3 aromatic carbocycles. The number of oxazole rings is 1. The van der Waals surface area contributed by atoms with Crippen LogP contribution in [0.2, 0.25) is 0 Å². The molecule has 0 unspecified atom stereocenters. The summed E-state index contributed by atoms with van der Waals surface area (Å²) in [4.78, 5) is 4.52. The minimum absolute atomic E-state index is 0.319. The van der Waals surface area contributed by atoms with Crippen LogP contribution in [0.5, 0.6) is 5.75 Å². The Morgan fingerprint density at radius 2 is 1.52 bits per heavy atom. The predicted molar refractivity (Wildman–Crippen MR) is 90.2 cm³/mol. The van der Waals surface area contributed by atoms with Gasteiger partial charge in [0.15, 0.2) is 12.2 Å². The molecule has 23 heavy (non-hydrogen) atoms. The van der Waals surface area contributed by atoms with E-state index >= 15 is 0 Å². The Morgan fingerprint density at radius 3 is 2.30 bits per heavy atom. The first-order valence-corrected chi connectivity index (χ1v) is 7.51. The number of nitrogens with zero attached hydrogens (tertiary/aromatic N) is 1. The third-order valence-corrected chi connectivity index (χ3v) is 3.64. The Hall–Kier alpha value is -3.07. The van der Waals surface area contributed by atoms with Crippen LogP contribution in [0.4, 0.5) is 0 Å². The van der Waals surface area contributed by atoms with Crippen molar-refractivity contribution in [2.75, 3.05) is 0 Å². The van der Waals surface area contributed by atoms with Gasteiger partial charge in [0, 0.05) is 0 Å². The van der Waals surface area contributed by atoms with Gasteiger partial charge in [-0.15, -0.1) is 0 Å². The molecule has 0 saturated heterocycles. The number of hydrogen-bond acceptors (Lipinski definition) is 3. The Morgan fingerprint density at radius 1 is 0.783 bits per heavy atom. The van der Waals surface area contributed by atoms with E-state index < -0.39 is 0 Å². The molecular weight excluding hydrogens is 286 g/mol. The summed E-state index contributed by atoms with van der Waals surface area (Å²) in [5.74, 6) is 1.38. The first-order chi connectivity index (χ1) is 11.4. The standard InChI is InChI=1S/C20H15NO2/c1-3-7-15(8-4-1)16-11-12-19-18(13-16)21-20(23-19)14-22-17-9-5-2-6-10-17/h1-13H,14H2. The minimum atomic E-state index is 0.319. The Labute approximate surface area is 134 Å². The number of hydrogen-bond donors (Lipinski definition) is 0. The van der Waals surface area contributed by atoms with E-state index in [0.717, 1.165) is 22.4 Å². The summed E-state index contributed by atoms with van der Waals surface area (Å²) >= 11 is 0. The van der Waals surface area contributed by atoms with Crippen LogP contribution in [0.25, 0.3) is 22.2 Å². The third kappa shape index (κ3) is 2.94. The second-order valence-electron chi connectivity index (χ2n) is 5.26. The lowest BCUT2D eigenvalue weighted by Crippen LogP contribution is -1.94. The SMILES string of the molecule is c1ccc(OCc2nc3cc(-c4ccccc4)ccc3o2)cc1. The highest BCUT2D eigenvalue weighted by Crippen LogP contribution is 2.25. The molecule has 0 bridgehead atoms. The van der Waals surface area contributed by atoms with Gasteiger partial charge >= 0.3 is 0 Å². The van der Waals surface area contributed by atoms with Crippen molar-refractivity contribution in [3.63, 3.8) is 0 Å². The van der Waals surface area contributed by atoms with E-state index in [2.05, 4.69) is 17.1 Å². The predicted octanol–water partition coefficient (Wildman–Crippen LogP) is 5.07. The average Bonchev–Trinajstić information content (AvgIpc) is 3.04. The van der Waals surface area contributed by atoms with Gasteiger partial charge in [0.2, 0.25) is 5.89 Å². The van der Waals surface area contributed by atoms with Crippen molar-refractivity contribution in [2.24, 2.45) is 0 Å². The van der Waals surface area contributed by atoms with Crippen molar-refractivity contribution >= 4 is 11.1 Å². The molecule has 4 rings (SSSR count). The van der Waals surface area contributed by atoms with Crippen LogP contribution >= 0.6 is 0 Å². The lowest BCUT2D eigenvalue weighted by Gasteiger charge is -2.01. The molecule has 0 aliphatic heterocycles. The average molecular weight is 301 g/mol. The number of rotatable bonds is 4. The molecule has 1 heterocycles. The van der Waals surface area contributed by atoms with Crippen LogP contribution in [-0.2, 0) is 6.61 Å². The topological polar surface area (TPSA) is 35.3 Å². The van der Waals surface area contributed by atoms with Crippen LogP contribution in [0, 0.1) is 0 Å². The van der Waals surface area contributed by atoms with Gasteiger partial charge < -0.3 is 9.15 Å². The molecule has 0 radical (unpaired) electrons. The number of ether oxygens (including phenoxy) is 1. The van der Waals surface area contributed by atoms with Crippen LogP contribution in [0.15, 0.2) is 83.3 Å². The largest absolute Gasteiger partial charge is 0.484 e. The zero-order valence-corrected chi connectivity index (χ0v) is 12.5. The molecule has 0 spiro atoms. The highest BCUT2D eigenvalue weighted by atomic mass is 16.5. The van der Waals surface area contributed by atoms with E-state index in [4.69, 9.17) is 9.15 Å². The highest BCUT2D eigenvalue weighted by Gasteiger charge is 2.08. The van der Waals surface area contributed by atoms with E-state index in [1.807, 2.05) is 66.7 Å². The fraction of sp³-hybridized carbons (Fsp3) is 0.0500. The number of fused-ring (bicyclic) bond motifs is 1. The van der Waals surface area contributed by atoms with Gasteiger partial charge in [-0.2, -0.15) is 0 Å². The number of para-hydroxylation sites is 1. The highest BCUT2D eigenvalue weighted by molar-refractivity contribution is 5.80. The maximum Gasteiger partial charge on any atom is 0.233 e. The molecule has 0 amide bonds. The maximum absolute atomic E-state index is 5.74.